The summed E-state index contributed by atoms with van der Waals surface area (Å²) in [4.78, 5) is 12.7. The minimum Gasteiger partial charge on any atom is -0.490 e. The second kappa shape index (κ2) is 24.3. The van der Waals surface area contributed by atoms with Crippen LogP contribution in [0.1, 0.15) is 158 Å². The molecule has 0 aliphatic heterocycles. The zero-order valence-electron chi connectivity index (χ0n) is 35.3. The fraction of sp³-hybridized carbons (Fsp3) is 0.667. The van der Waals surface area contributed by atoms with E-state index in [0.717, 1.165) is 80.2 Å². The van der Waals surface area contributed by atoms with E-state index in [1.54, 1.807) is 22.7 Å². The monoisotopic (exact) mass is 775 g/mol. The molecule has 0 saturated carbocycles. The van der Waals surface area contributed by atoms with Crippen molar-refractivity contribution in [2.24, 2.45) is 35.5 Å². The van der Waals surface area contributed by atoms with Crippen molar-refractivity contribution in [2.45, 2.75) is 158 Å². The molecule has 0 aliphatic rings. The number of aromatic nitrogens is 2. The van der Waals surface area contributed by atoms with Crippen LogP contribution in [0.5, 0.6) is 11.5 Å². The van der Waals surface area contributed by atoms with Crippen molar-refractivity contribution >= 4 is 33.7 Å². The molecule has 3 aromatic heterocycles. The molecule has 4 atom stereocenters. The first-order chi connectivity index (χ1) is 26.1. The van der Waals surface area contributed by atoms with E-state index in [9.17, 15) is 0 Å². The molecular formula is C48H74N2O2S2. The predicted octanol–water partition coefficient (Wildman–Crippen LogP) is 15.9. The Balaban J connectivity index is 1.35. The molecule has 300 valence electrons. The minimum atomic E-state index is 0.684. The molecule has 0 spiro atoms. The average Bonchev–Trinajstić information content (AvgIpc) is 3.87. The highest BCUT2D eigenvalue weighted by molar-refractivity contribution is 7.14. The summed E-state index contributed by atoms with van der Waals surface area (Å²) >= 11 is 3.41. The average molecular weight is 775 g/mol. The van der Waals surface area contributed by atoms with Gasteiger partial charge in [0.15, 0.2) is 11.5 Å². The fourth-order valence-electron chi connectivity index (χ4n) is 7.64. The Morgan fingerprint density at radius 1 is 0.463 bits per heavy atom. The molecule has 0 amide bonds. The normalized spacial score (nSPS) is 14.2. The van der Waals surface area contributed by atoms with Gasteiger partial charge >= 0.3 is 0 Å². The topological polar surface area (TPSA) is 44.2 Å². The maximum Gasteiger partial charge on any atom is 0.163 e. The molecule has 0 bridgehead atoms. The highest BCUT2D eigenvalue weighted by Crippen LogP contribution is 2.39. The van der Waals surface area contributed by atoms with Gasteiger partial charge in [0, 0.05) is 12.1 Å². The number of ether oxygens (including phenoxy) is 2. The zero-order valence-corrected chi connectivity index (χ0v) is 37.0. The van der Waals surface area contributed by atoms with Crippen LogP contribution in [0.2, 0.25) is 0 Å². The molecule has 4 unspecified atom stereocenters. The van der Waals surface area contributed by atoms with Gasteiger partial charge in [0.25, 0.3) is 0 Å². The maximum atomic E-state index is 6.54. The highest BCUT2D eigenvalue weighted by atomic mass is 32.1. The first-order valence-corrected chi connectivity index (χ1v) is 23.5. The SMILES string of the molecule is CC(C)CCCC(C)CCCC(C)CCCOc1cc2nc(-c3cccs3)c(-c3cccs3)nc2cc1OCCCC(C)CCCC(C)CCCC(C)C. The van der Waals surface area contributed by atoms with Crippen LogP contribution in [-0.4, -0.2) is 23.2 Å². The summed E-state index contributed by atoms with van der Waals surface area (Å²) in [5, 5.41) is 4.22. The summed E-state index contributed by atoms with van der Waals surface area (Å²) < 4.78 is 13.1. The molecule has 0 aliphatic carbocycles. The minimum absolute atomic E-state index is 0.684. The molecule has 4 aromatic rings. The summed E-state index contributed by atoms with van der Waals surface area (Å²) in [6.07, 6.45) is 20.7. The van der Waals surface area contributed by atoms with Gasteiger partial charge in [-0.25, -0.2) is 9.97 Å². The van der Waals surface area contributed by atoms with Crippen LogP contribution in [0, 0.1) is 35.5 Å². The van der Waals surface area contributed by atoms with E-state index < -0.39 is 0 Å². The van der Waals surface area contributed by atoms with Gasteiger partial charge in [-0.3, -0.25) is 0 Å². The van der Waals surface area contributed by atoms with E-state index in [-0.39, 0.29) is 0 Å². The standard InChI is InChI=1S/C48H74N2O2S2/c1-35(2)17-9-19-37(5)21-11-23-39(7)25-13-29-51-43-33-41-42(50-48(46-28-16-32-54-46)47(49-41)45-27-15-31-53-45)34-44(43)52-30-14-26-40(8)24-12-22-38(6)20-10-18-36(3)4/h15-16,27-28,31-40H,9-14,17-26,29-30H2,1-8H3. The third kappa shape index (κ3) is 16.0. The molecule has 6 heteroatoms. The second-order valence-electron chi connectivity index (χ2n) is 17.6. The van der Waals surface area contributed by atoms with Gasteiger partial charge in [-0.2, -0.15) is 0 Å². The van der Waals surface area contributed by atoms with E-state index in [1.165, 1.54) is 89.9 Å². The summed E-state index contributed by atoms with van der Waals surface area (Å²) in [5.41, 5.74) is 3.57. The summed E-state index contributed by atoms with van der Waals surface area (Å²) in [6, 6.07) is 12.6. The van der Waals surface area contributed by atoms with Crippen LogP contribution in [0.25, 0.3) is 32.2 Å². The first kappa shape index (κ1) is 44.3. The van der Waals surface area contributed by atoms with Crippen LogP contribution in [0.15, 0.2) is 47.2 Å². The van der Waals surface area contributed by atoms with Gasteiger partial charge in [0.05, 0.1) is 34.0 Å². The van der Waals surface area contributed by atoms with E-state index in [0.29, 0.717) is 25.0 Å². The molecular weight excluding hydrogens is 701 g/mol. The van der Waals surface area contributed by atoms with Crippen LogP contribution in [0.3, 0.4) is 0 Å². The fourth-order valence-corrected chi connectivity index (χ4v) is 9.07. The highest BCUT2D eigenvalue weighted by Gasteiger charge is 2.18. The summed E-state index contributed by atoms with van der Waals surface area (Å²) in [6.45, 7) is 20.4. The number of benzene rings is 1. The Hall–Kier alpha value is -2.44. The third-order valence-corrected chi connectivity index (χ3v) is 12.9. The van der Waals surface area contributed by atoms with Crippen molar-refractivity contribution in [3.05, 3.63) is 47.2 Å². The third-order valence-electron chi connectivity index (χ3n) is 11.2. The van der Waals surface area contributed by atoms with Crippen molar-refractivity contribution in [1.82, 2.24) is 9.97 Å². The van der Waals surface area contributed by atoms with E-state index in [4.69, 9.17) is 19.4 Å². The lowest BCUT2D eigenvalue weighted by molar-refractivity contribution is 0.249. The number of hydrogen-bond donors (Lipinski definition) is 0. The van der Waals surface area contributed by atoms with Crippen molar-refractivity contribution in [1.29, 1.82) is 0 Å². The lowest BCUT2D eigenvalue weighted by Gasteiger charge is -2.17. The smallest absolute Gasteiger partial charge is 0.163 e. The Kier molecular flexibility index (Phi) is 19.9. The lowest BCUT2D eigenvalue weighted by atomic mass is 9.92. The number of hydrogen-bond acceptors (Lipinski definition) is 6. The van der Waals surface area contributed by atoms with E-state index in [2.05, 4.69) is 103 Å². The Bertz CT molecular complexity index is 1450. The molecule has 4 nitrogen and oxygen atoms in total. The van der Waals surface area contributed by atoms with Crippen molar-refractivity contribution in [2.75, 3.05) is 13.2 Å². The molecule has 0 fully saturated rings. The molecule has 54 heavy (non-hydrogen) atoms. The Morgan fingerprint density at radius 2 is 0.796 bits per heavy atom. The first-order valence-electron chi connectivity index (χ1n) is 21.8. The molecule has 4 rings (SSSR count). The van der Waals surface area contributed by atoms with Gasteiger partial charge in [-0.15, -0.1) is 22.7 Å². The van der Waals surface area contributed by atoms with Crippen LogP contribution < -0.4 is 9.47 Å². The quantitative estimate of drug-likeness (QED) is 0.0539. The number of rotatable bonds is 28. The summed E-state index contributed by atoms with van der Waals surface area (Å²) in [7, 11) is 0. The molecule has 0 saturated heterocycles. The van der Waals surface area contributed by atoms with Crippen LogP contribution in [-0.2, 0) is 0 Å². The zero-order chi connectivity index (χ0) is 38.7. The molecule has 3 heterocycles. The van der Waals surface area contributed by atoms with Crippen molar-refractivity contribution in [3.63, 3.8) is 0 Å². The van der Waals surface area contributed by atoms with Gasteiger partial charge in [-0.1, -0.05) is 145 Å². The Labute approximate surface area is 338 Å². The van der Waals surface area contributed by atoms with Crippen LogP contribution >= 0.6 is 22.7 Å². The van der Waals surface area contributed by atoms with Gasteiger partial charge < -0.3 is 9.47 Å². The number of fused-ring (bicyclic) bond motifs is 1. The van der Waals surface area contributed by atoms with E-state index >= 15 is 0 Å². The molecule has 0 N–H and O–H groups in total. The van der Waals surface area contributed by atoms with Gasteiger partial charge in [0.2, 0.25) is 0 Å². The van der Waals surface area contributed by atoms with Crippen molar-refractivity contribution < 1.29 is 9.47 Å². The maximum absolute atomic E-state index is 6.54. The second-order valence-corrected chi connectivity index (χ2v) is 19.5. The van der Waals surface area contributed by atoms with Gasteiger partial charge in [-0.05, 0) is 84.1 Å². The summed E-state index contributed by atoms with van der Waals surface area (Å²) in [5.74, 6) is 6.35. The van der Waals surface area contributed by atoms with Gasteiger partial charge in [0.1, 0.15) is 11.4 Å². The largest absolute Gasteiger partial charge is 0.490 e. The number of nitrogens with zero attached hydrogens (tertiary/aromatic N) is 2. The molecule has 0 radical (unpaired) electrons. The molecule has 1 aromatic carbocycles. The lowest BCUT2D eigenvalue weighted by Crippen LogP contribution is -2.06. The predicted molar refractivity (Wildman–Crippen MR) is 237 cm³/mol. The van der Waals surface area contributed by atoms with Crippen molar-refractivity contribution in [3.8, 4) is 32.6 Å². The number of thiophene rings is 2. The Morgan fingerprint density at radius 3 is 1.11 bits per heavy atom. The van der Waals surface area contributed by atoms with Crippen LogP contribution in [0.4, 0.5) is 0 Å². The van der Waals surface area contributed by atoms with E-state index in [1.807, 2.05) is 0 Å².